The van der Waals surface area contributed by atoms with Gasteiger partial charge in [-0.05, 0) is 11.8 Å². The molecule has 0 radical (unpaired) electrons. The Morgan fingerprint density at radius 3 is 2.47 bits per heavy atom. The minimum Gasteiger partial charge on any atom is -0.285 e. The molecule has 0 aliphatic carbocycles. The Morgan fingerprint density at radius 1 is 1.13 bits per heavy atom. The number of aromatic nitrogens is 4. The van der Waals surface area contributed by atoms with Crippen molar-refractivity contribution in [2.45, 2.75) is 39.5 Å². The maximum absolute atomic E-state index is 4.52. The van der Waals surface area contributed by atoms with Crippen molar-refractivity contribution >= 4 is 5.78 Å². The smallest absolute Gasteiger partial charge is 0.254 e. The molecule has 0 N–H and O–H groups in total. The van der Waals surface area contributed by atoms with Gasteiger partial charge in [-0.3, -0.25) is 4.40 Å². The molecule has 4 heteroatoms. The first kappa shape index (κ1) is 10.1. The summed E-state index contributed by atoms with van der Waals surface area (Å²) in [6.45, 7) is 8.66. The first-order valence-corrected chi connectivity index (χ1v) is 5.30. The summed E-state index contributed by atoms with van der Waals surface area (Å²) in [5, 5.41) is 7.88. The Hall–Kier alpha value is -1.45. The van der Waals surface area contributed by atoms with Gasteiger partial charge in [-0.2, -0.15) is 5.10 Å². The van der Waals surface area contributed by atoms with Gasteiger partial charge in [-0.15, -0.1) is 5.10 Å². The van der Waals surface area contributed by atoms with E-state index in [-0.39, 0.29) is 0 Å². The molecule has 2 aromatic heterocycles. The molecule has 80 valence electrons. The van der Waals surface area contributed by atoms with E-state index < -0.39 is 0 Å². The predicted molar refractivity (Wildman–Crippen MR) is 59.0 cm³/mol. The van der Waals surface area contributed by atoms with E-state index in [1.165, 1.54) is 5.69 Å². The molecule has 0 aliphatic heterocycles. The predicted octanol–water partition coefficient (Wildman–Crippen LogP) is 2.37. The highest BCUT2D eigenvalue weighted by Crippen LogP contribution is 2.25. The Bertz CT molecular complexity index is 470. The summed E-state index contributed by atoms with van der Waals surface area (Å²) >= 11 is 0. The number of hydrogen-bond donors (Lipinski definition) is 0. The van der Waals surface area contributed by atoms with E-state index in [2.05, 4.69) is 42.9 Å². The average Bonchev–Trinajstić information content (AvgIpc) is 2.56. The van der Waals surface area contributed by atoms with Crippen molar-refractivity contribution in [1.82, 2.24) is 19.6 Å². The van der Waals surface area contributed by atoms with E-state index in [0.717, 1.165) is 5.69 Å². The van der Waals surface area contributed by atoms with Crippen LogP contribution in [-0.2, 0) is 0 Å². The zero-order valence-corrected chi connectivity index (χ0v) is 9.60. The lowest BCUT2D eigenvalue weighted by molar-refractivity contribution is 0.743. The van der Waals surface area contributed by atoms with Crippen LogP contribution in [0.15, 0.2) is 12.4 Å². The molecule has 0 amide bonds. The molecule has 0 unspecified atom stereocenters. The zero-order valence-electron chi connectivity index (χ0n) is 9.60. The topological polar surface area (TPSA) is 43.1 Å². The molecule has 0 bridgehead atoms. The second-order valence-corrected chi connectivity index (χ2v) is 4.38. The van der Waals surface area contributed by atoms with Gasteiger partial charge in [0.05, 0.1) is 17.6 Å². The van der Waals surface area contributed by atoms with Crippen molar-refractivity contribution in [1.29, 1.82) is 0 Å². The molecule has 0 saturated carbocycles. The summed E-state index contributed by atoms with van der Waals surface area (Å²) in [5.41, 5.74) is 2.38. The number of nitrogens with zero attached hydrogens (tertiary/aromatic N) is 4. The van der Waals surface area contributed by atoms with Gasteiger partial charge in [0.15, 0.2) is 0 Å². The van der Waals surface area contributed by atoms with Crippen LogP contribution < -0.4 is 0 Å². The number of rotatable bonds is 2. The number of hydrogen-bond acceptors (Lipinski definition) is 3. The van der Waals surface area contributed by atoms with Crippen LogP contribution in [0.5, 0.6) is 0 Å². The fourth-order valence-electron chi connectivity index (χ4n) is 1.85. The summed E-state index contributed by atoms with van der Waals surface area (Å²) in [6, 6.07) is 0. The average molecular weight is 204 g/mol. The molecular formula is C11H16N4. The Morgan fingerprint density at radius 2 is 1.87 bits per heavy atom. The van der Waals surface area contributed by atoms with Crippen LogP contribution in [0.25, 0.3) is 5.78 Å². The van der Waals surface area contributed by atoms with Gasteiger partial charge < -0.3 is 0 Å². The Kier molecular flexibility index (Phi) is 2.42. The third-order valence-corrected chi connectivity index (χ3v) is 2.48. The molecule has 2 aromatic rings. The normalized spacial score (nSPS) is 11.9. The van der Waals surface area contributed by atoms with Crippen LogP contribution in [0.3, 0.4) is 0 Å². The van der Waals surface area contributed by atoms with Crippen LogP contribution in [0.4, 0.5) is 0 Å². The standard InChI is InChI=1S/C11H16N4/c1-7(2)9-10(8(3)4)15-6-5-12-14-11(15)13-9/h5-8H,1-4H3. The molecule has 2 heterocycles. The van der Waals surface area contributed by atoms with E-state index in [1.807, 2.05) is 10.6 Å². The van der Waals surface area contributed by atoms with E-state index in [9.17, 15) is 0 Å². The lowest BCUT2D eigenvalue weighted by atomic mass is 10.0. The molecule has 0 spiro atoms. The number of imidazole rings is 1. The Labute approximate surface area is 89.4 Å². The fourth-order valence-corrected chi connectivity index (χ4v) is 1.85. The van der Waals surface area contributed by atoms with Crippen molar-refractivity contribution in [3.63, 3.8) is 0 Å². The Balaban J connectivity index is 2.75. The van der Waals surface area contributed by atoms with Gasteiger partial charge in [-0.1, -0.05) is 27.7 Å². The molecule has 2 rings (SSSR count). The third kappa shape index (κ3) is 1.60. The molecule has 0 atom stereocenters. The largest absolute Gasteiger partial charge is 0.285 e. The van der Waals surface area contributed by atoms with Crippen molar-refractivity contribution in [2.75, 3.05) is 0 Å². The quantitative estimate of drug-likeness (QED) is 0.754. The fraction of sp³-hybridized carbons (Fsp3) is 0.545. The van der Waals surface area contributed by atoms with Crippen LogP contribution in [0.2, 0.25) is 0 Å². The molecular weight excluding hydrogens is 188 g/mol. The molecule has 0 aliphatic rings. The minimum absolute atomic E-state index is 0.420. The highest BCUT2D eigenvalue weighted by Gasteiger charge is 2.17. The van der Waals surface area contributed by atoms with Crippen LogP contribution in [-0.4, -0.2) is 19.6 Å². The monoisotopic (exact) mass is 204 g/mol. The maximum Gasteiger partial charge on any atom is 0.254 e. The van der Waals surface area contributed by atoms with E-state index in [4.69, 9.17) is 0 Å². The highest BCUT2D eigenvalue weighted by atomic mass is 15.2. The SMILES string of the molecule is CC(C)c1nc2nnccn2c1C(C)C. The molecule has 0 fully saturated rings. The first-order chi connectivity index (χ1) is 7.11. The molecule has 0 aromatic carbocycles. The number of fused-ring (bicyclic) bond motifs is 1. The van der Waals surface area contributed by atoms with Crippen molar-refractivity contribution in [3.05, 3.63) is 23.8 Å². The summed E-state index contributed by atoms with van der Waals surface area (Å²) < 4.78 is 2.03. The molecule has 15 heavy (non-hydrogen) atoms. The second kappa shape index (κ2) is 3.61. The van der Waals surface area contributed by atoms with Gasteiger partial charge in [0, 0.05) is 6.20 Å². The summed E-state index contributed by atoms with van der Waals surface area (Å²) in [6.07, 6.45) is 3.63. The summed E-state index contributed by atoms with van der Waals surface area (Å²) in [5.74, 6) is 1.57. The summed E-state index contributed by atoms with van der Waals surface area (Å²) in [4.78, 5) is 4.52. The zero-order chi connectivity index (χ0) is 11.0. The second-order valence-electron chi connectivity index (χ2n) is 4.38. The van der Waals surface area contributed by atoms with Crippen molar-refractivity contribution in [3.8, 4) is 0 Å². The van der Waals surface area contributed by atoms with Gasteiger partial charge in [0.25, 0.3) is 5.78 Å². The van der Waals surface area contributed by atoms with Crippen LogP contribution in [0, 0.1) is 0 Å². The first-order valence-electron chi connectivity index (χ1n) is 5.30. The van der Waals surface area contributed by atoms with Gasteiger partial charge in [-0.25, -0.2) is 4.98 Å². The van der Waals surface area contributed by atoms with Crippen LogP contribution in [0.1, 0.15) is 50.9 Å². The highest BCUT2D eigenvalue weighted by molar-refractivity contribution is 5.37. The van der Waals surface area contributed by atoms with Gasteiger partial charge in [0.1, 0.15) is 0 Å². The van der Waals surface area contributed by atoms with E-state index in [0.29, 0.717) is 17.6 Å². The molecule has 4 nitrogen and oxygen atoms in total. The lowest BCUT2D eigenvalue weighted by Crippen LogP contribution is -2.01. The van der Waals surface area contributed by atoms with Crippen molar-refractivity contribution < 1.29 is 0 Å². The minimum atomic E-state index is 0.420. The lowest BCUT2D eigenvalue weighted by Gasteiger charge is -2.09. The summed E-state index contributed by atoms with van der Waals surface area (Å²) in [7, 11) is 0. The van der Waals surface area contributed by atoms with Gasteiger partial charge >= 0.3 is 0 Å². The van der Waals surface area contributed by atoms with Gasteiger partial charge in [0.2, 0.25) is 0 Å². The van der Waals surface area contributed by atoms with Crippen molar-refractivity contribution in [2.24, 2.45) is 0 Å². The third-order valence-electron chi connectivity index (χ3n) is 2.48. The van der Waals surface area contributed by atoms with E-state index >= 15 is 0 Å². The maximum atomic E-state index is 4.52. The molecule has 0 saturated heterocycles. The van der Waals surface area contributed by atoms with Crippen LogP contribution >= 0.6 is 0 Å². The van der Waals surface area contributed by atoms with E-state index in [1.54, 1.807) is 6.20 Å².